The van der Waals surface area contributed by atoms with Crippen molar-refractivity contribution in [1.29, 1.82) is 0 Å². The van der Waals surface area contributed by atoms with Gasteiger partial charge in [-0.3, -0.25) is 4.68 Å². The summed E-state index contributed by atoms with van der Waals surface area (Å²) in [4.78, 5) is 24.0. The van der Waals surface area contributed by atoms with Crippen LogP contribution in [0.25, 0.3) is 15.9 Å². The summed E-state index contributed by atoms with van der Waals surface area (Å²) in [5.41, 5.74) is 4.74. The smallest absolute Gasteiger partial charge is 0.373 e. The van der Waals surface area contributed by atoms with Gasteiger partial charge in [-0.05, 0) is 67.9 Å². The van der Waals surface area contributed by atoms with Crippen LogP contribution in [0.5, 0.6) is 0 Å². The molecular weight excluding hydrogens is 480 g/mol. The molecule has 2 aromatic heterocycles. The number of aliphatic hydroxyl groups excluding tert-OH is 1. The fraction of sp³-hybridized carbons (Fsp3) is 0.586. The van der Waals surface area contributed by atoms with Gasteiger partial charge in [-0.15, -0.1) is 10.1 Å². The first-order valence-electron chi connectivity index (χ1n) is 13.8. The first kappa shape index (κ1) is 26.1. The predicted molar refractivity (Wildman–Crippen MR) is 140 cm³/mol. The number of benzene rings is 1. The van der Waals surface area contributed by atoms with Crippen LogP contribution < -0.4 is 0 Å². The lowest BCUT2D eigenvalue weighted by atomic mass is 9.66. The number of piperidine rings is 1. The average molecular weight is 517 g/mol. The first-order chi connectivity index (χ1) is 18.5. The maximum atomic E-state index is 10.6. The summed E-state index contributed by atoms with van der Waals surface area (Å²) in [5, 5.41) is 22.7. The summed E-state index contributed by atoms with van der Waals surface area (Å²) in [7, 11) is 0. The van der Waals surface area contributed by atoms with Gasteiger partial charge in [-0.2, -0.15) is 21.1 Å². The highest BCUT2D eigenvalue weighted by Crippen LogP contribution is 2.47. The van der Waals surface area contributed by atoms with E-state index in [0.717, 1.165) is 50.0 Å². The molecule has 9 nitrogen and oxygen atoms in total. The van der Waals surface area contributed by atoms with Crippen LogP contribution in [0, 0.1) is 24.3 Å². The van der Waals surface area contributed by atoms with Gasteiger partial charge < -0.3 is 10.1 Å². The van der Waals surface area contributed by atoms with Crippen LogP contribution in [0.3, 0.4) is 0 Å². The van der Waals surface area contributed by atoms with Crippen LogP contribution in [-0.2, 0) is 22.6 Å². The highest BCUT2D eigenvalue weighted by Gasteiger charge is 2.46. The lowest BCUT2D eigenvalue weighted by molar-refractivity contribution is -0.191. The molecular formula is C29H36N6O3. The number of hydrogen-bond acceptors (Lipinski definition) is 6. The third kappa shape index (κ3) is 5.11. The van der Waals surface area contributed by atoms with Crippen molar-refractivity contribution in [2.75, 3.05) is 6.54 Å². The van der Waals surface area contributed by atoms with E-state index in [1.165, 1.54) is 42.3 Å². The fourth-order valence-corrected chi connectivity index (χ4v) is 7.17. The molecule has 0 radical (unpaired) electrons. The Morgan fingerprint density at radius 2 is 1.95 bits per heavy atom. The normalized spacial score (nSPS) is 27.3. The number of aromatic amines is 1. The van der Waals surface area contributed by atoms with E-state index >= 15 is 0 Å². The molecule has 38 heavy (non-hydrogen) atoms. The van der Waals surface area contributed by atoms with E-state index in [1.807, 2.05) is 9.69 Å². The third-order valence-electron chi connectivity index (χ3n) is 9.23. The van der Waals surface area contributed by atoms with Crippen molar-refractivity contribution >= 4 is 17.1 Å². The van der Waals surface area contributed by atoms with E-state index in [9.17, 15) is 5.11 Å². The molecule has 1 aliphatic heterocycles. The minimum atomic E-state index is -0.222. The van der Waals surface area contributed by atoms with Gasteiger partial charge in [-0.25, -0.2) is 0 Å². The topological polar surface area (TPSA) is 108 Å². The number of H-pyrrole nitrogens is 1. The Bertz CT molecular complexity index is 1310. The summed E-state index contributed by atoms with van der Waals surface area (Å²) < 4.78 is 2.00. The van der Waals surface area contributed by atoms with Crippen LogP contribution in [-0.4, -0.2) is 48.9 Å². The highest BCUT2D eigenvalue weighted by atomic mass is 16.3. The van der Waals surface area contributed by atoms with E-state index in [2.05, 4.69) is 57.6 Å². The molecule has 200 valence electrons. The average Bonchev–Trinajstić information content (AvgIpc) is 3.69. The van der Waals surface area contributed by atoms with Gasteiger partial charge in [0.1, 0.15) is 6.04 Å². The van der Waals surface area contributed by atoms with Gasteiger partial charge >= 0.3 is 6.15 Å². The number of carbonyl (C=O) groups excluding carboxylic acids is 2. The van der Waals surface area contributed by atoms with Crippen molar-refractivity contribution in [3.05, 3.63) is 58.9 Å². The molecule has 6 rings (SSSR count). The highest BCUT2D eigenvalue weighted by molar-refractivity contribution is 5.84. The van der Waals surface area contributed by atoms with Crippen molar-refractivity contribution in [2.45, 2.75) is 82.9 Å². The van der Waals surface area contributed by atoms with Crippen molar-refractivity contribution in [3.63, 3.8) is 0 Å². The molecule has 0 bridgehead atoms. The SMILES string of the molecule is O=C=O.[C-]#[N+]N1C[C@@H]2CC[C@H](O)[C@H](C)[C@H]2C[C@H]1c1[nH]c2ccccc2c1CCn1cc(C2CCCC2)nn1. The maximum Gasteiger partial charge on any atom is 0.373 e. The molecule has 2 N–H and O–H groups in total. The lowest BCUT2D eigenvalue weighted by Gasteiger charge is -2.45. The third-order valence-corrected chi connectivity index (χ3v) is 9.23. The molecule has 0 spiro atoms. The number of aromatic nitrogens is 4. The van der Waals surface area contributed by atoms with E-state index in [0.29, 0.717) is 17.8 Å². The number of aryl methyl sites for hydroxylation is 2. The summed E-state index contributed by atoms with van der Waals surface area (Å²) in [6, 6.07) is 8.52. The van der Waals surface area contributed by atoms with Crippen LogP contribution in [0.4, 0.5) is 0 Å². The number of rotatable bonds is 5. The van der Waals surface area contributed by atoms with Gasteiger partial charge in [0.05, 0.1) is 18.3 Å². The minimum absolute atomic E-state index is 0.0219. The monoisotopic (exact) mass is 516 g/mol. The van der Waals surface area contributed by atoms with Crippen molar-refractivity contribution < 1.29 is 14.7 Å². The van der Waals surface area contributed by atoms with Gasteiger partial charge in [0, 0.05) is 35.3 Å². The van der Waals surface area contributed by atoms with Crippen LogP contribution in [0.2, 0.25) is 0 Å². The van der Waals surface area contributed by atoms with Gasteiger partial charge in [0.15, 0.2) is 0 Å². The molecule has 1 aromatic carbocycles. The first-order valence-corrected chi connectivity index (χ1v) is 13.8. The molecule has 3 fully saturated rings. The lowest BCUT2D eigenvalue weighted by Crippen LogP contribution is -2.47. The van der Waals surface area contributed by atoms with Crippen molar-refractivity contribution in [2.24, 2.45) is 17.8 Å². The zero-order valence-electron chi connectivity index (χ0n) is 21.9. The maximum absolute atomic E-state index is 10.6. The van der Waals surface area contributed by atoms with E-state index in [4.69, 9.17) is 16.2 Å². The minimum Gasteiger partial charge on any atom is -0.393 e. The second kappa shape index (κ2) is 11.5. The predicted octanol–water partition coefficient (Wildman–Crippen LogP) is 4.68. The van der Waals surface area contributed by atoms with E-state index < -0.39 is 0 Å². The van der Waals surface area contributed by atoms with Gasteiger partial charge in [0.2, 0.25) is 0 Å². The Balaban J connectivity index is 0.000000937. The Morgan fingerprint density at radius 3 is 2.71 bits per heavy atom. The second-order valence-electron chi connectivity index (χ2n) is 11.2. The van der Waals surface area contributed by atoms with Crippen LogP contribution in [0.15, 0.2) is 30.5 Å². The molecule has 2 saturated carbocycles. The molecule has 3 aliphatic rings. The van der Waals surface area contributed by atoms with Crippen molar-refractivity contribution in [1.82, 2.24) is 25.0 Å². The molecule has 3 aromatic rings. The molecule has 2 aliphatic carbocycles. The largest absolute Gasteiger partial charge is 0.393 e. The molecule has 9 heteroatoms. The zero-order valence-corrected chi connectivity index (χ0v) is 21.9. The number of aliphatic hydroxyl groups is 1. The Morgan fingerprint density at radius 1 is 1.18 bits per heavy atom. The molecule has 1 saturated heterocycles. The molecule has 0 amide bonds. The summed E-state index contributed by atoms with van der Waals surface area (Å²) in [6.45, 7) is 11.7. The van der Waals surface area contributed by atoms with E-state index in [1.54, 1.807) is 0 Å². The number of fused-ring (bicyclic) bond motifs is 2. The van der Waals surface area contributed by atoms with Gasteiger partial charge in [0.25, 0.3) is 0 Å². The molecule has 3 heterocycles. The molecule has 0 unspecified atom stereocenters. The van der Waals surface area contributed by atoms with Crippen LogP contribution in [0.1, 0.15) is 80.8 Å². The zero-order chi connectivity index (χ0) is 26.6. The number of para-hydroxylation sites is 1. The summed E-state index contributed by atoms with van der Waals surface area (Å²) >= 11 is 0. The van der Waals surface area contributed by atoms with E-state index in [-0.39, 0.29) is 24.2 Å². The summed E-state index contributed by atoms with van der Waals surface area (Å²) in [6.07, 6.45) is 10.9. The molecule has 5 atom stereocenters. The second-order valence-corrected chi connectivity index (χ2v) is 11.2. The standard InChI is InChI=1S/C28H36N6O.CO2/c1-18-23-15-26(34(29-2)16-20(23)11-12-27(18)35)28-22(21-9-5-6-10-24(21)30-28)13-14-33-17-25(31-32-33)19-7-3-4-8-19;2-1-3/h5-6,9-10,17-20,23,26-27,30,35H,3-4,7-8,11-16H2,1H3;/t18-,20+,23-,26+,27+;/m1./s1. The number of nitrogens with one attached hydrogen (secondary N) is 1. The van der Waals surface area contributed by atoms with Crippen molar-refractivity contribution in [3.8, 4) is 0 Å². The Labute approximate surface area is 223 Å². The number of nitrogens with zero attached hydrogens (tertiary/aromatic N) is 5. The van der Waals surface area contributed by atoms with Crippen LogP contribution >= 0.6 is 0 Å². The Kier molecular flexibility index (Phi) is 7.92. The quantitative estimate of drug-likeness (QED) is 0.477. The fourth-order valence-electron chi connectivity index (χ4n) is 7.17. The summed E-state index contributed by atoms with van der Waals surface area (Å²) in [5.74, 6) is 1.80. The van der Waals surface area contributed by atoms with Gasteiger partial charge in [-0.1, -0.05) is 43.2 Å². The Hall–Kier alpha value is -3.47. The number of hydrogen-bond donors (Lipinski definition) is 2.